The number of fused-ring (bicyclic) bond motifs is 1. The number of amides is 1. The lowest BCUT2D eigenvalue weighted by Gasteiger charge is -2.22. The van der Waals surface area contributed by atoms with Crippen molar-refractivity contribution in [2.45, 2.75) is 44.3 Å². The van der Waals surface area contributed by atoms with Crippen LogP contribution in [0.4, 0.5) is 14.6 Å². The molecule has 0 saturated heterocycles. The van der Waals surface area contributed by atoms with Crippen molar-refractivity contribution in [1.82, 2.24) is 19.9 Å². The molecule has 0 radical (unpaired) electrons. The van der Waals surface area contributed by atoms with Gasteiger partial charge in [-0.05, 0) is 73.2 Å². The zero-order valence-electron chi connectivity index (χ0n) is 18.9. The average molecular weight is 472 g/mol. The molecular weight excluding hydrogens is 448 g/mol. The van der Waals surface area contributed by atoms with E-state index in [1.54, 1.807) is 17.4 Å². The van der Waals surface area contributed by atoms with E-state index in [4.69, 9.17) is 0 Å². The van der Waals surface area contributed by atoms with Crippen LogP contribution in [0.15, 0.2) is 61.1 Å². The lowest BCUT2D eigenvalue weighted by Crippen LogP contribution is -2.33. The van der Waals surface area contributed by atoms with Crippen LogP contribution in [0.1, 0.15) is 41.7 Å². The quantitative estimate of drug-likeness (QED) is 0.394. The fraction of sp³-hybridized carbons (Fsp3) is 0.259. The summed E-state index contributed by atoms with van der Waals surface area (Å²) < 4.78 is 27.6. The summed E-state index contributed by atoms with van der Waals surface area (Å²) in [6, 6.07) is 13.5. The lowest BCUT2D eigenvalue weighted by atomic mass is 10.0. The minimum atomic E-state index is -0.851. The summed E-state index contributed by atoms with van der Waals surface area (Å²) in [6.45, 7) is 0.249. The maximum atomic E-state index is 14.3. The molecule has 0 atom stereocenters. The molecule has 2 heterocycles. The van der Waals surface area contributed by atoms with Gasteiger partial charge >= 0.3 is 0 Å². The third kappa shape index (κ3) is 4.56. The van der Waals surface area contributed by atoms with Crippen molar-refractivity contribution in [3.63, 3.8) is 0 Å². The number of pyridine rings is 1. The number of carbonyl (C=O) groups excluding carboxylic acids is 1. The van der Waals surface area contributed by atoms with Gasteiger partial charge in [0.25, 0.3) is 5.91 Å². The molecule has 0 unspecified atom stereocenters. The van der Waals surface area contributed by atoms with Gasteiger partial charge in [-0.25, -0.2) is 18.7 Å². The van der Waals surface area contributed by atoms with Crippen LogP contribution in [0.3, 0.4) is 0 Å². The Morgan fingerprint density at radius 3 is 2.54 bits per heavy atom. The van der Waals surface area contributed by atoms with Crippen LogP contribution < -0.4 is 5.32 Å². The van der Waals surface area contributed by atoms with Crippen molar-refractivity contribution >= 4 is 22.6 Å². The van der Waals surface area contributed by atoms with Gasteiger partial charge in [0.1, 0.15) is 23.8 Å². The number of nitrogens with one attached hydrogen (secondary N) is 1. The van der Waals surface area contributed by atoms with Gasteiger partial charge in [0.15, 0.2) is 0 Å². The van der Waals surface area contributed by atoms with E-state index in [2.05, 4.69) is 26.3 Å². The zero-order valence-corrected chi connectivity index (χ0v) is 18.9. The predicted octanol–water partition coefficient (Wildman–Crippen LogP) is 5.35. The standard InChI is InChI=1S/C27H23F2N5O/c28-18-2-7-22(24(29)13-18)27(35)34(21-5-6-21)14-20-11-17(9-10-30-20)16-1-8-25-23(12-16)26(32-15-31-25)33-19-3-4-19/h1-2,7-13,15,19,21H,3-6,14H2,(H,31,32,33). The lowest BCUT2D eigenvalue weighted by molar-refractivity contribution is 0.0723. The summed E-state index contributed by atoms with van der Waals surface area (Å²) in [5.41, 5.74) is 3.39. The van der Waals surface area contributed by atoms with Crippen molar-refractivity contribution in [3.05, 3.63) is 83.9 Å². The Balaban J connectivity index is 1.29. The molecule has 1 N–H and O–H groups in total. The number of anilines is 1. The molecule has 6 nitrogen and oxygen atoms in total. The Bertz CT molecular complexity index is 1430. The van der Waals surface area contributed by atoms with Gasteiger partial charge in [-0.15, -0.1) is 0 Å². The second kappa shape index (κ2) is 8.69. The minimum absolute atomic E-state index is 0.0336. The monoisotopic (exact) mass is 471 g/mol. The van der Waals surface area contributed by atoms with Crippen LogP contribution in [-0.4, -0.2) is 37.8 Å². The minimum Gasteiger partial charge on any atom is -0.367 e. The van der Waals surface area contributed by atoms with E-state index in [9.17, 15) is 13.6 Å². The SMILES string of the molecule is O=C(c1ccc(F)cc1F)N(Cc1cc(-c2ccc3ncnc(NC4CC4)c3c2)ccn1)C1CC1. The van der Waals surface area contributed by atoms with Gasteiger partial charge < -0.3 is 10.2 Å². The number of rotatable bonds is 7. The first-order valence-corrected chi connectivity index (χ1v) is 11.8. The number of benzene rings is 2. The van der Waals surface area contributed by atoms with Crippen molar-refractivity contribution < 1.29 is 13.6 Å². The number of carbonyl (C=O) groups is 1. The van der Waals surface area contributed by atoms with Gasteiger partial charge in [-0.1, -0.05) is 6.07 Å². The molecule has 2 aromatic heterocycles. The first-order valence-electron chi connectivity index (χ1n) is 11.8. The molecule has 4 aromatic rings. The number of hydrogen-bond acceptors (Lipinski definition) is 5. The van der Waals surface area contributed by atoms with Crippen molar-refractivity contribution in [1.29, 1.82) is 0 Å². The summed E-state index contributed by atoms with van der Waals surface area (Å²) in [7, 11) is 0. The zero-order chi connectivity index (χ0) is 23.9. The van der Waals surface area contributed by atoms with Crippen LogP contribution in [0.2, 0.25) is 0 Å². The van der Waals surface area contributed by atoms with Gasteiger partial charge in [0.2, 0.25) is 0 Å². The first kappa shape index (κ1) is 21.6. The first-order chi connectivity index (χ1) is 17.0. The third-order valence-corrected chi connectivity index (χ3v) is 6.45. The van der Waals surface area contributed by atoms with Crippen molar-refractivity contribution in [2.75, 3.05) is 5.32 Å². The Hall–Kier alpha value is -3.94. The van der Waals surface area contributed by atoms with Crippen molar-refractivity contribution in [3.8, 4) is 11.1 Å². The molecule has 176 valence electrons. The number of halogens is 2. The summed E-state index contributed by atoms with van der Waals surface area (Å²) in [6.07, 6.45) is 7.30. The normalized spacial score (nSPS) is 15.3. The Morgan fingerprint density at radius 2 is 1.77 bits per heavy atom. The molecular formula is C27H23F2N5O. The molecule has 6 rings (SSSR count). The molecule has 2 aliphatic carbocycles. The van der Waals surface area contributed by atoms with Crippen LogP contribution in [-0.2, 0) is 6.54 Å². The largest absolute Gasteiger partial charge is 0.367 e. The average Bonchev–Trinajstić information content (AvgIpc) is 3.78. The molecule has 35 heavy (non-hydrogen) atoms. The summed E-state index contributed by atoms with van der Waals surface area (Å²) in [5, 5.41) is 4.42. The molecule has 8 heteroatoms. The van der Waals surface area contributed by atoms with Crippen LogP contribution in [0.25, 0.3) is 22.0 Å². The van der Waals surface area contributed by atoms with Gasteiger partial charge in [0.05, 0.1) is 23.3 Å². The van der Waals surface area contributed by atoms with Gasteiger partial charge in [0, 0.05) is 29.7 Å². The Kier molecular flexibility index (Phi) is 5.36. The van der Waals surface area contributed by atoms with Crippen LogP contribution >= 0.6 is 0 Å². The second-order valence-corrected chi connectivity index (χ2v) is 9.20. The molecule has 0 spiro atoms. The van der Waals surface area contributed by atoms with Gasteiger partial charge in [-0.3, -0.25) is 9.78 Å². The predicted molar refractivity (Wildman–Crippen MR) is 129 cm³/mol. The van der Waals surface area contributed by atoms with Crippen LogP contribution in [0.5, 0.6) is 0 Å². The maximum absolute atomic E-state index is 14.3. The van der Waals surface area contributed by atoms with E-state index in [0.717, 1.165) is 65.7 Å². The summed E-state index contributed by atoms with van der Waals surface area (Å²) in [5.74, 6) is -1.17. The van der Waals surface area contributed by atoms with Crippen LogP contribution in [0, 0.1) is 11.6 Å². The molecule has 0 bridgehead atoms. The molecule has 2 aromatic carbocycles. The van der Waals surface area contributed by atoms with E-state index in [1.165, 1.54) is 6.07 Å². The highest BCUT2D eigenvalue weighted by atomic mass is 19.1. The van der Waals surface area contributed by atoms with E-state index in [-0.39, 0.29) is 18.2 Å². The molecule has 2 fully saturated rings. The second-order valence-electron chi connectivity index (χ2n) is 9.20. The number of nitrogens with zero attached hydrogens (tertiary/aromatic N) is 4. The maximum Gasteiger partial charge on any atom is 0.257 e. The highest BCUT2D eigenvalue weighted by Crippen LogP contribution is 2.32. The van der Waals surface area contributed by atoms with E-state index >= 15 is 0 Å². The molecule has 1 amide bonds. The summed E-state index contributed by atoms with van der Waals surface area (Å²) >= 11 is 0. The summed E-state index contributed by atoms with van der Waals surface area (Å²) in [4.78, 5) is 28.0. The number of aromatic nitrogens is 3. The fourth-order valence-electron chi connectivity index (χ4n) is 4.26. The Labute approximate surface area is 201 Å². The van der Waals surface area contributed by atoms with E-state index in [1.807, 2.05) is 24.3 Å². The third-order valence-electron chi connectivity index (χ3n) is 6.45. The molecule has 2 saturated carbocycles. The highest BCUT2D eigenvalue weighted by Gasteiger charge is 2.34. The van der Waals surface area contributed by atoms with E-state index in [0.29, 0.717) is 11.7 Å². The van der Waals surface area contributed by atoms with Crippen molar-refractivity contribution in [2.24, 2.45) is 0 Å². The smallest absolute Gasteiger partial charge is 0.257 e. The number of hydrogen-bond donors (Lipinski definition) is 1. The topological polar surface area (TPSA) is 71.0 Å². The molecule has 0 aliphatic heterocycles. The Morgan fingerprint density at radius 1 is 0.943 bits per heavy atom. The fourth-order valence-corrected chi connectivity index (χ4v) is 4.26. The molecule has 2 aliphatic rings. The van der Waals surface area contributed by atoms with Gasteiger partial charge in [-0.2, -0.15) is 0 Å². The highest BCUT2D eigenvalue weighted by molar-refractivity contribution is 5.95. The van der Waals surface area contributed by atoms with E-state index < -0.39 is 17.5 Å².